The Morgan fingerprint density at radius 3 is 2.48 bits per heavy atom. The molecule has 21 heavy (non-hydrogen) atoms. The minimum Gasteiger partial charge on any atom is -0.508 e. The van der Waals surface area contributed by atoms with E-state index in [1.54, 1.807) is 18.2 Å². The fourth-order valence-corrected chi connectivity index (χ4v) is 2.59. The molecule has 0 saturated heterocycles. The Labute approximate surface area is 132 Å². The van der Waals surface area contributed by atoms with Crippen LogP contribution in [0.1, 0.15) is 11.1 Å². The Kier molecular flexibility index (Phi) is 5.47. The van der Waals surface area contributed by atoms with E-state index in [9.17, 15) is 10.2 Å². The van der Waals surface area contributed by atoms with E-state index in [-0.39, 0.29) is 5.75 Å². The lowest BCUT2D eigenvalue weighted by Crippen LogP contribution is -2.83. The summed E-state index contributed by atoms with van der Waals surface area (Å²) in [4.78, 5) is 0. The minimum atomic E-state index is 0.141. The number of hydrogen-bond acceptors (Lipinski definition) is 3. The molecule has 2 aromatic rings. The third kappa shape index (κ3) is 4.12. The van der Waals surface area contributed by atoms with Gasteiger partial charge < -0.3 is 20.3 Å². The zero-order valence-corrected chi connectivity index (χ0v) is 13.4. The number of ether oxygens (including phenoxy) is 1. The maximum atomic E-state index is 9.93. The maximum Gasteiger partial charge on any atom is 0.172 e. The zero-order valence-electron chi connectivity index (χ0n) is 11.8. The van der Waals surface area contributed by atoms with Crippen molar-refractivity contribution in [2.24, 2.45) is 0 Å². The van der Waals surface area contributed by atoms with Gasteiger partial charge in [0.2, 0.25) is 0 Å². The Hall–Kier alpha value is -1.72. The van der Waals surface area contributed by atoms with Gasteiger partial charge >= 0.3 is 0 Å². The van der Waals surface area contributed by atoms with Gasteiger partial charge in [-0.1, -0.05) is 12.1 Å². The van der Waals surface area contributed by atoms with Crippen LogP contribution in [0.2, 0.25) is 0 Å². The topological polar surface area (TPSA) is 66.3 Å². The van der Waals surface area contributed by atoms with Crippen LogP contribution in [0.5, 0.6) is 17.2 Å². The van der Waals surface area contributed by atoms with Crippen LogP contribution in [0.25, 0.3) is 0 Å². The van der Waals surface area contributed by atoms with Gasteiger partial charge in [0.15, 0.2) is 11.5 Å². The van der Waals surface area contributed by atoms with Crippen molar-refractivity contribution in [2.75, 3.05) is 13.7 Å². The highest BCUT2D eigenvalue weighted by Crippen LogP contribution is 2.36. The molecule has 4 nitrogen and oxygen atoms in total. The summed E-state index contributed by atoms with van der Waals surface area (Å²) >= 11 is 3.40. The molecule has 0 aromatic heterocycles. The van der Waals surface area contributed by atoms with E-state index in [0.29, 0.717) is 16.0 Å². The molecular formula is C16H19BrNO3+. The van der Waals surface area contributed by atoms with Gasteiger partial charge in [-0.3, -0.25) is 0 Å². The monoisotopic (exact) mass is 352 g/mol. The molecule has 0 heterocycles. The number of rotatable bonds is 6. The van der Waals surface area contributed by atoms with E-state index in [2.05, 4.69) is 21.2 Å². The summed E-state index contributed by atoms with van der Waals surface area (Å²) in [6, 6.07) is 11.0. The van der Waals surface area contributed by atoms with Crippen LogP contribution in [0.15, 0.2) is 40.9 Å². The van der Waals surface area contributed by atoms with Crippen molar-refractivity contribution in [2.45, 2.75) is 13.0 Å². The number of benzene rings is 2. The Balaban J connectivity index is 1.86. The molecule has 0 bridgehead atoms. The summed E-state index contributed by atoms with van der Waals surface area (Å²) in [6.45, 7) is 1.71. The zero-order chi connectivity index (χ0) is 15.2. The molecular weight excluding hydrogens is 334 g/mol. The maximum absolute atomic E-state index is 9.93. The first-order chi connectivity index (χ1) is 10.1. The molecule has 0 radical (unpaired) electrons. The lowest BCUT2D eigenvalue weighted by Gasteiger charge is -2.09. The molecule has 0 amide bonds. The molecule has 4 N–H and O–H groups in total. The van der Waals surface area contributed by atoms with Gasteiger partial charge in [-0.2, -0.15) is 0 Å². The molecule has 0 spiro atoms. The number of hydrogen-bond donors (Lipinski definition) is 3. The second-order valence-electron chi connectivity index (χ2n) is 4.79. The fourth-order valence-electron chi connectivity index (χ4n) is 2.10. The number of phenolic OH excluding ortho intramolecular Hbond substituents is 2. The Morgan fingerprint density at radius 1 is 1.10 bits per heavy atom. The largest absolute Gasteiger partial charge is 0.508 e. The van der Waals surface area contributed by atoms with Gasteiger partial charge in [-0.25, -0.2) is 0 Å². The van der Waals surface area contributed by atoms with Crippen LogP contribution >= 0.6 is 15.9 Å². The Morgan fingerprint density at radius 2 is 1.81 bits per heavy atom. The second-order valence-corrected chi connectivity index (χ2v) is 5.58. The van der Waals surface area contributed by atoms with Gasteiger partial charge in [-0.05, 0) is 45.8 Å². The van der Waals surface area contributed by atoms with Crippen molar-refractivity contribution in [3.05, 3.63) is 52.0 Å². The number of halogens is 1. The summed E-state index contributed by atoms with van der Waals surface area (Å²) < 4.78 is 5.75. The van der Waals surface area contributed by atoms with Crippen LogP contribution in [-0.2, 0) is 13.0 Å². The molecule has 0 aliphatic heterocycles. The third-order valence-electron chi connectivity index (χ3n) is 3.32. The summed E-state index contributed by atoms with van der Waals surface area (Å²) in [5.74, 6) is 0.900. The SMILES string of the molecule is COc1ccc(C[NH2+]CCc2ccc(O)cc2)c(Br)c1O. The van der Waals surface area contributed by atoms with Gasteiger partial charge in [0, 0.05) is 12.0 Å². The van der Waals surface area contributed by atoms with Crippen molar-refractivity contribution < 1.29 is 20.3 Å². The van der Waals surface area contributed by atoms with E-state index in [4.69, 9.17) is 4.74 Å². The van der Waals surface area contributed by atoms with Crippen LogP contribution in [0.3, 0.4) is 0 Å². The normalized spacial score (nSPS) is 10.6. The molecule has 0 aliphatic rings. The summed E-state index contributed by atoms with van der Waals surface area (Å²) in [5.41, 5.74) is 2.22. The molecule has 5 heteroatoms. The van der Waals surface area contributed by atoms with E-state index in [0.717, 1.165) is 25.1 Å². The molecule has 112 valence electrons. The predicted molar refractivity (Wildman–Crippen MR) is 84.7 cm³/mol. The second kappa shape index (κ2) is 7.33. The highest BCUT2D eigenvalue weighted by Gasteiger charge is 2.11. The van der Waals surface area contributed by atoms with Crippen molar-refractivity contribution in [3.8, 4) is 17.2 Å². The van der Waals surface area contributed by atoms with Crippen LogP contribution < -0.4 is 10.1 Å². The molecule has 0 atom stereocenters. The van der Waals surface area contributed by atoms with E-state index >= 15 is 0 Å². The van der Waals surface area contributed by atoms with E-state index in [1.807, 2.05) is 18.2 Å². The minimum absolute atomic E-state index is 0.141. The van der Waals surface area contributed by atoms with Crippen LogP contribution in [0, 0.1) is 0 Å². The average molecular weight is 353 g/mol. The molecule has 0 unspecified atom stereocenters. The number of aromatic hydroxyl groups is 2. The van der Waals surface area contributed by atoms with Crippen molar-refractivity contribution in [3.63, 3.8) is 0 Å². The first kappa shape index (κ1) is 15.7. The standard InChI is InChI=1S/C16H18BrNO3/c1-21-14-7-4-12(15(17)16(14)20)10-18-9-8-11-2-5-13(19)6-3-11/h2-7,18-20H,8-10H2,1H3/p+1. The number of methoxy groups -OCH3 is 1. The number of phenols is 2. The molecule has 0 saturated carbocycles. The van der Waals surface area contributed by atoms with Crippen molar-refractivity contribution >= 4 is 15.9 Å². The third-order valence-corrected chi connectivity index (χ3v) is 4.20. The fraction of sp³-hybridized carbons (Fsp3) is 0.250. The van der Waals surface area contributed by atoms with Crippen molar-refractivity contribution in [1.29, 1.82) is 0 Å². The molecule has 0 aliphatic carbocycles. The highest BCUT2D eigenvalue weighted by molar-refractivity contribution is 9.10. The van der Waals surface area contributed by atoms with E-state index < -0.39 is 0 Å². The first-order valence-corrected chi connectivity index (χ1v) is 7.55. The van der Waals surface area contributed by atoms with Crippen LogP contribution in [0.4, 0.5) is 0 Å². The average Bonchev–Trinajstić information content (AvgIpc) is 2.49. The van der Waals surface area contributed by atoms with Gasteiger partial charge in [0.25, 0.3) is 0 Å². The summed E-state index contributed by atoms with van der Waals surface area (Å²) in [6.07, 6.45) is 0.931. The summed E-state index contributed by atoms with van der Waals surface area (Å²) in [7, 11) is 1.53. The highest BCUT2D eigenvalue weighted by atomic mass is 79.9. The molecule has 0 fully saturated rings. The number of quaternary nitrogens is 1. The predicted octanol–water partition coefficient (Wildman–Crippen LogP) is 2.18. The number of nitrogens with two attached hydrogens (primary N) is 1. The lowest BCUT2D eigenvalue weighted by molar-refractivity contribution is -0.670. The lowest BCUT2D eigenvalue weighted by atomic mass is 10.1. The van der Waals surface area contributed by atoms with E-state index in [1.165, 1.54) is 12.7 Å². The quantitative estimate of drug-likeness (QED) is 0.698. The van der Waals surface area contributed by atoms with Gasteiger partial charge in [0.05, 0.1) is 18.1 Å². The van der Waals surface area contributed by atoms with Crippen molar-refractivity contribution in [1.82, 2.24) is 0 Å². The first-order valence-electron chi connectivity index (χ1n) is 6.75. The smallest absolute Gasteiger partial charge is 0.172 e. The molecule has 2 aromatic carbocycles. The summed E-state index contributed by atoms with van der Waals surface area (Å²) in [5, 5.41) is 21.3. The van der Waals surface area contributed by atoms with Gasteiger partial charge in [-0.15, -0.1) is 0 Å². The molecule has 2 rings (SSSR count). The van der Waals surface area contributed by atoms with Gasteiger partial charge in [0.1, 0.15) is 12.3 Å². The van der Waals surface area contributed by atoms with Crippen LogP contribution in [-0.4, -0.2) is 23.9 Å². The Bertz CT molecular complexity index is 599.